The Hall–Kier alpha value is -1.07. The molecule has 0 fully saturated rings. The summed E-state index contributed by atoms with van der Waals surface area (Å²) in [5, 5.41) is 10.1. The topological polar surface area (TPSA) is 55.8 Å². The van der Waals surface area contributed by atoms with Crippen LogP contribution in [0.3, 0.4) is 0 Å². The second-order valence-corrected chi connectivity index (χ2v) is 4.76. The van der Waals surface area contributed by atoms with Crippen LogP contribution in [-0.2, 0) is 9.53 Å². The average Bonchev–Trinajstić information content (AvgIpc) is 2.32. The van der Waals surface area contributed by atoms with E-state index < -0.39 is 12.1 Å². The van der Waals surface area contributed by atoms with Crippen LogP contribution in [0, 0.1) is 13.8 Å². The number of carbonyl (C=O) groups excluding carboxylic acids is 1. The van der Waals surface area contributed by atoms with Crippen molar-refractivity contribution in [3.05, 3.63) is 27.2 Å². The SMILES string of the molecule is CCOC(=O)C(O)c1c(C)c(Br)cc(C)c1OC. The number of ether oxygens (including phenoxy) is 2. The minimum Gasteiger partial charge on any atom is -0.496 e. The summed E-state index contributed by atoms with van der Waals surface area (Å²) >= 11 is 3.40. The number of rotatable bonds is 4. The number of esters is 1. The Morgan fingerprint density at radius 2 is 2.11 bits per heavy atom. The molecule has 1 rings (SSSR count). The first-order valence-corrected chi connectivity index (χ1v) is 6.41. The largest absolute Gasteiger partial charge is 0.496 e. The van der Waals surface area contributed by atoms with Crippen molar-refractivity contribution in [3.63, 3.8) is 0 Å². The van der Waals surface area contributed by atoms with Crippen molar-refractivity contribution in [2.75, 3.05) is 13.7 Å². The summed E-state index contributed by atoms with van der Waals surface area (Å²) in [6, 6.07) is 1.88. The molecule has 0 saturated heterocycles. The summed E-state index contributed by atoms with van der Waals surface area (Å²) in [5.74, 6) is -0.160. The molecule has 100 valence electrons. The molecule has 5 heteroatoms. The summed E-state index contributed by atoms with van der Waals surface area (Å²) < 4.78 is 10.9. The number of benzene rings is 1. The lowest BCUT2D eigenvalue weighted by Crippen LogP contribution is -2.18. The molecule has 4 nitrogen and oxygen atoms in total. The van der Waals surface area contributed by atoms with Gasteiger partial charge in [0.05, 0.1) is 13.7 Å². The minimum atomic E-state index is -1.34. The third-order valence-electron chi connectivity index (χ3n) is 2.70. The van der Waals surface area contributed by atoms with Crippen molar-refractivity contribution >= 4 is 21.9 Å². The molecular formula is C13H17BrO4. The fraction of sp³-hybridized carbons (Fsp3) is 0.462. The van der Waals surface area contributed by atoms with Gasteiger partial charge >= 0.3 is 5.97 Å². The lowest BCUT2D eigenvalue weighted by atomic mass is 9.99. The molecule has 18 heavy (non-hydrogen) atoms. The van der Waals surface area contributed by atoms with E-state index in [0.29, 0.717) is 11.3 Å². The highest BCUT2D eigenvalue weighted by Crippen LogP contribution is 2.36. The molecule has 0 aliphatic heterocycles. The van der Waals surface area contributed by atoms with E-state index in [-0.39, 0.29) is 6.61 Å². The first-order chi connectivity index (χ1) is 8.43. The van der Waals surface area contributed by atoms with Gasteiger partial charge in [0.2, 0.25) is 0 Å². The highest BCUT2D eigenvalue weighted by atomic mass is 79.9. The molecule has 1 N–H and O–H groups in total. The number of aliphatic hydroxyl groups excluding tert-OH is 1. The second-order valence-electron chi connectivity index (χ2n) is 3.90. The third kappa shape index (κ3) is 2.84. The van der Waals surface area contributed by atoms with E-state index >= 15 is 0 Å². The van der Waals surface area contributed by atoms with Gasteiger partial charge in [-0.3, -0.25) is 0 Å². The summed E-state index contributed by atoms with van der Waals surface area (Å²) in [7, 11) is 1.51. The standard InChI is InChI=1S/C13H17BrO4/c1-5-18-13(16)11(15)10-8(3)9(14)6-7(2)12(10)17-4/h6,11,15H,5H2,1-4H3. The van der Waals surface area contributed by atoms with E-state index in [2.05, 4.69) is 15.9 Å². The van der Waals surface area contributed by atoms with Crippen LogP contribution in [0.15, 0.2) is 10.5 Å². The van der Waals surface area contributed by atoms with Crippen molar-refractivity contribution in [2.45, 2.75) is 26.9 Å². The molecule has 0 aliphatic carbocycles. The van der Waals surface area contributed by atoms with Crippen LogP contribution in [-0.4, -0.2) is 24.8 Å². The van der Waals surface area contributed by atoms with E-state index in [4.69, 9.17) is 9.47 Å². The van der Waals surface area contributed by atoms with Crippen LogP contribution < -0.4 is 4.74 Å². The molecule has 0 spiro atoms. The summed E-state index contributed by atoms with van der Waals surface area (Å²) in [6.07, 6.45) is -1.34. The van der Waals surface area contributed by atoms with Crippen molar-refractivity contribution in [2.24, 2.45) is 0 Å². The average molecular weight is 317 g/mol. The fourth-order valence-electron chi connectivity index (χ4n) is 1.81. The zero-order chi connectivity index (χ0) is 13.9. The van der Waals surface area contributed by atoms with E-state index in [9.17, 15) is 9.90 Å². The van der Waals surface area contributed by atoms with E-state index in [0.717, 1.165) is 15.6 Å². The van der Waals surface area contributed by atoms with Gasteiger partial charge in [-0.05, 0) is 38.0 Å². The quantitative estimate of drug-likeness (QED) is 0.868. The second kappa shape index (κ2) is 6.20. The molecule has 1 unspecified atom stereocenters. The lowest BCUT2D eigenvalue weighted by molar-refractivity contribution is -0.153. The maximum atomic E-state index is 11.6. The maximum absolute atomic E-state index is 11.6. The van der Waals surface area contributed by atoms with Crippen LogP contribution in [0.1, 0.15) is 29.7 Å². The molecule has 1 aromatic carbocycles. The van der Waals surface area contributed by atoms with Gasteiger partial charge in [-0.2, -0.15) is 0 Å². The number of carbonyl (C=O) groups is 1. The monoisotopic (exact) mass is 316 g/mol. The molecule has 0 aliphatic rings. The van der Waals surface area contributed by atoms with Gasteiger partial charge in [0.15, 0.2) is 6.10 Å². The van der Waals surface area contributed by atoms with Gasteiger partial charge in [0, 0.05) is 10.0 Å². The molecule has 1 atom stereocenters. The van der Waals surface area contributed by atoms with Crippen LogP contribution >= 0.6 is 15.9 Å². The Bertz CT molecular complexity index is 457. The van der Waals surface area contributed by atoms with Gasteiger partial charge in [-0.25, -0.2) is 4.79 Å². The molecule has 1 aromatic rings. The summed E-state index contributed by atoms with van der Waals surface area (Å²) in [6.45, 7) is 5.58. The van der Waals surface area contributed by atoms with E-state index in [1.54, 1.807) is 6.92 Å². The maximum Gasteiger partial charge on any atom is 0.339 e. The predicted molar refractivity (Wildman–Crippen MR) is 71.8 cm³/mol. The van der Waals surface area contributed by atoms with Gasteiger partial charge in [-0.15, -0.1) is 0 Å². The molecule has 0 amide bonds. The lowest BCUT2D eigenvalue weighted by Gasteiger charge is -2.19. The van der Waals surface area contributed by atoms with Crippen molar-refractivity contribution in [1.82, 2.24) is 0 Å². The number of hydrogen-bond donors (Lipinski definition) is 1. The Kier molecular flexibility index (Phi) is 5.16. The van der Waals surface area contributed by atoms with E-state index in [1.165, 1.54) is 7.11 Å². The molecule has 0 bridgehead atoms. The van der Waals surface area contributed by atoms with Crippen molar-refractivity contribution in [3.8, 4) is 5.75 Å². The molecule has 0 aromatic heterocycles. The van der Waals surface area contributed by atoms with Crippen molar-refractivity contribution < 1.29 is 19.4 Å². The summed E-state index contributed by atoms with van der Waals surface area (Å²) in [5.41, 5.74) is 2.05. The molecule has 0 radical (unpaired) electrons. The Labute approximate surface area is 115 Å². The summed E-state index contributed by atoms with van der Waals surface area (Å²) in [4.78, 5) is 11.6. The van der Waals surface area contributed by atoms with Gasteiger partial charge < -0.3 is 14.6 Å². The Balaban J connectivity index is 3.33. The van der Waals surface area contributed by atoms with Crippen molar-refractivity contribution in [1.29, 1.82) is 0 Å². The molecule has 0 saturated carbocycles. The number of halogens is 1. The zero-order valence-corrected chi connectivity index (χ0v) is 12.5. The highest BCUT2D eigenvalue weighted by molar-refractivity contribution is 9.10. The minimum absolute atomic E-state index is 0.226. The van der Waals surface area contributed by atoms with Crippen LogP contribution in [0.4, 0.5) is 0 Å². The van der Waals surface area contributed by atoms with Crippen LogP contribution in [0.5, 0.6) is 5.75 Å². The number of aryl methyl sites for hydroxylation is 1. The van der Waals surface area contributed by atoms with Gasteiger partial charge in [-0.1, -0.05) is 15.9 Å². The number of methoxy groups -OCH3 is 1. The number of hydrogen-bond acceptors (Lipinski definition) is 4. The van der Waals surface area contributed by atoms with Crippen LogP contribution in [0.25, 0.3) is 0 Å². The predicted octanol–water partition coefficient (Wildman–Crippen LogP) is 2.67. The fourth-order valence-corrected chi connectivity index (χ4v) is 2.37. The molecular weight excluding hydrogens is 300 g/mol. The normalized spacial score (nSPS) is 12.1. The smallest absolute Gasteiger partial charge is 0.339 e. The third-order valence-corrected chi connectivity index (χ3v) is 3.52. The highest BCUT2D eigenvalue weighted by Gasteiger charge is 2.26. The Morgan fingerprint density at radius 1 is 1.50 bits per heavy atom. The first kappa shape index (κ1) is 15.0. The van der Waals surface area contributed by atoms with Crippen LogP contribution in [0.2, 0.25) is 0 Å². The first-order valence-electron chi connectivity index (χ1n) is 5.62. The van der Waals surface area contributed by atoms with E-state index in [1.807, 2.05) is 19.9 Å². The van der Waals surface area contributed by atoms with Gasteiger partial charge in [0.25, 0.3) is 0 Å². The Morgan fingerprint density at radius 3 is 2.61 bits per heavy atom. The zero-order valence-electron chi connectivity index (χ0n) is 10.9. The molecule has 0 heterocycles. The van der Waals surface area contributed by atoms with Gasteiger partial charge in [0.1, 0.15) is 5.75 Å². The number of aliphatic hydroxyl groups is 1.